The maximum absolute atomic E-state index is 8.36. The van der Waals surface area contributed by atoms with Gasteiger partial charge in [0.15, 0.2) is 0 Å². The number of imidazole rings is 1. The SMILES string of the molecule is Clc1ccc(CSC(COCc2ccc(Cl)c(Cl)c2)Cn2ccnc2)cc1.O=[N+]([O-])O. The lowest BCUT2D eigenvalue weighted by Gasteiger charge is -2.18. The highest BCUT2D eigenvalue weighted by Crippen LogP contribution is 2.24. The van der Waals surface area contributed by atoms with Crippen LogP contribution in [0, 0.1) is 10.1 Å². The van der Waals surface area contributed by atoms with Crippen LogP contribution in [0.4, 0.5) is 0 Å². The second kappa shape index (κ2) is 13.4. The van der Waals surface area contributed by atoms with Gasteiger partial charge >= 0.3 is 0 Å². The van der Waals surface area contributed by atoms with Gasteiger partial charge in [-0.15, -0.1) is 21.9 Å². The monoisotopic (exact) mass is 503 g/mol. The summed E-state index contributed by atoms with van der Waals surface area (Å²) in [5.74, 6) is 0.896. The first-order chi connectivity index (χ1) is 14.8. The van der Waals surface area contributed by atoms with Crippen molar-refractivity contribution in [1.29, 1.82) is 0 Å². The van der Waals surface area contributed by atoms with E-state index in [4.69, 9.17) is 54.9 Å². The van der Waals surface area contributed by atoms with Crippen LogP contribution < -0.4 is 0 Å². The third-order valence-electron chi connectivity index (χ3n) is 3.93. The molecular formula is C20H20Cl3N3O4S. The summed E-state index contributed by atoms with van der Waals surface area (Å²) < 4.78 is 8.03. The van der Waals surface area contributed by atoms with Gasteiger partial charge in [0.1, 0.15) is 0 Å². The van der Waals surface area contributed by atoms with E-state index in [9.17, 15) is 0 Å². The van der Waals surface area contributed by atoms with E-state index in [0.29, 0.717) is 23.3 Å². The van der Waals surface area contributed by atoms with Crippen molar-refractivity contribution in [3.63, 3.8) is 0 Å². The Morgan fingerprint density at radius 1 is 1.13 bits per heavy atom. The number of halogens is 3. The van der Waals surface area contributed by atoms with Crippen molar-refractivity contribution in [3.05, 3.63) is 97.5 Å². The molecule has 0 saturated heterocycles. The summed E-state index contributed by atoms with van der Waals surface area (Å²) in [4.78, 5) is 12.5. The largest absolute Gasteiger partial charge is 0.376 e. The van der Waals surface area contributed by atoms with Crippen molar-refractivity contribution in [2.45, 2.75) is 24.2 Å². The van der Waals surface area contributed by atoms with E-state index in [0.717, 1.165) is 22.9 Å². The van der Waals surface area contributed by atoms with Crippen LogP contribution in [-0.4, -0.2) is 31.7 Å². The predicted octanol–water partition coefficient (Wildman–Crippen LogP) is 6.01. The van der Waals surface area contributed by atoms with Gasteiger partial charge in [-0.05, 0) is 35.4 Å². The summed E-state index contributed by atoms with van der Waals surface area (Å²) in [6.45, 7) is 1.95. The number of rotatable bonds is 9. The topological polar surface area (TPSA) is 90.4 Å². The molecule has 0 fully saturated rings. The summed E-state index contributed by atoms with van der Waals surface area (Å²) in [5.41, 5.74) is 2.25. The van der Waals surface area contributed by atoms with E-state index in [2.05, 4.69) is 21.7 Å². The Morgan fingerprint density at radius 2 is 1.81 bits per heavy atom. The highest BCUT2D eigenvalue weighted by Gasteiger charge is 2.12. The fourth-order valence-electron chi connectivity index (χ4n) is 2.52. The van der Waals surface area contributed by atoms with E-state index in [1.165, 1.54) is 5.56 Å². The van der Waals surface area contributed by atoms with Gasteiger partial charge in [-0.3, -0.25) is 0 Å². The van der Waals surface area contributed by atoms with E-state index < -0.39 is 5.09 Å². The van der Waals surface area contributed by atoms with Gasteiger partial charge in [-0.2, -0.15) is 0 Å². The zero-order chi connectivity index (χ0) is 22.6. The molecule has 0 radical (unpaired) electrons. The molecule has 11 heteroatoms. The van der Waals surface area contributed by atoms with Crippen molar-refractivity contribution in [3.8, 4) is 0 Å². The maximum Gasteiger partial charge on any atom is 0.291 e. The summed E-state index contributed by atoms with van der Waals surface area (Å²) >= 11 is 19.8. The second-order valence-corrected chi connectivity index (χ2v) is 8.86. The first-order valence-corrected chi connectivity index (χ1v) is 11.2. The van der Waals surface area contributed by atoms with Crippen LogP contribution in [0.1, 0.15) is 11.1 Å². The zero-order valence-corrected chi connectivity index (χ0v) is 19.3. The van der Waals surface area contributed by atoms with E-state index in [1.807, 2.05) is 48.6 Å². The maximum atomic E-state index is 8.36. The molecule has 1 N–H and O–H groups in total. The average molecular weight is 505 g/mol. The van der Waals surface area contributed by atoms with Crippen LogP contribution in [0.15, 0.2) is 61.2 Å². The molecule has 3 aromatic rings. The molecule has 0 aliphatic carbocycles. The van der Waals surface area contributed by atoms with E-state index in [1.54, 1.807) is 12.3 Å². The minimum Gasteiger partial charge on any atom is -0.376 e. The number of hydrogen-bond donors (Lipinski definition) is 1. The molecule has 0 aliphatic heterocycles. The molecule has 3 rings (SSSR count). The molecule has 0 bridgehead atoms. The fraction of sp³-hybridized carbons (Fsp3) is 0.250. The summed E-state index contributed by atoms with van der Waals surface area (Å²) in [6.07, 6.45) is 5.58. The van der Waals surface area contributed by atoms with Crippen LogP contribution in [0.2, 0.25) is 15.1 Å². The average Bonchev–Trinajstić information content (AvgIpc) is 3.22. The number of hydrogen-bond acceptors (Lipinski definition) is 5. The highest BCUT2D eigenvalue weighted by atomic mass is 35.5. The smallest absolute Gasteiger partial charge is 0.291 e. The first-order valence-electron chi connectivity index (χ1n) is 9.00. The molecule has 166 valence electrons. The zero-order valence-electron chi connectivity index (χ0n) is 16.2. The summed E-state index contributed by atoms with van der Waals surface area (Å²) in [7, 11) is 0. The van der Waals surface area contributed by atoms with Crippen LogP contribution in [0.3, 0.4) is 0 Å². The molecule has 31 heavy (non-hydrogen) atoms. The van der Waals surface area contributed by atoms with Gasteiger partial charge in [0.05, 0.1) is 29.6 Å². The van der Waals surface area contributed by atoms with Gasteiger partial charge in [0, 0.05) is 35.0 Å². The standard InChI is InChI=1S/C20H19Cl3N2OS.HNO3/c21-17-4-1-15(2-5-17)13-27-18(10-25-8-7-24-14-25)12-26-11-16-3-6-19(22)20(23)9-16;2-1(3)4/h1-9,14,18H,10-13H2;(H,2,3,4). The van der Waals surface area contributed by atoms with Gasteiger partial charge < -0.3 is 14.5 Å². The second-order valence-electron chi connectivity index (χ2n) is 6.32. The fourth-order valence-corrected chi connectivity index (χ4v) is 4.05. The molecule has 1 heterocycles. The Hall–Kier alpha value is -1.97. The predicted molar refractivity (Wildman–Crippen MR) is 124 cm³/mol. The Labute approximate surface area is 199 Å². The van der Waals surface area contributed by atoms with E-state index >= 15 is 0 Å². The Bertz CT molecular complexity index is 939. The normalized spacial score (nSPS) is 11.5. The van der Waals surface area contributed by atoms with Crippen molar-refractivity contribution >= 4 is 46.6 Å². The number of benzene rings is 2. The van der Waals surface area contributed by atoms with Gasteiger partial charge in [-0.25, -0.2) is 4.98 Å². The van der Waals surface area contributed by atoms with Crippen LogP contribution in [0.5, 0.6) is 0 Å². The van der Waals surface area contributed by atoms with Crippen molar-refractivity contribution in [1.82, 2.24) is 9.55 Å². The lowest BCUT2D eigenvalue weighted by Crippen LogP contribution is -2.19. The van der Waals surface area contributed by atoms with Crippen molar-refractivity contribution < 1.29 is 15.0 Å². The molecule has 2 aromatic carbocycles. The van der Waals surface area contributed by atoms with Crippen molar-refractivity contribution in [2.24, 2.45) is 0 Å². The Morgan fingerprint density at radius 3 is 2.42 bits per heavy atom. The quantitative estimate of drug-likeness (QED) is 0.283. The Kier molecular flexibility index (Phi) is 11.0. The molecule has 0 spiro atoms. The molecule has 1 aromatic heterocycles. The number of aromatic nitrogens is 2. The van der Waals surface area contributed by atoms with Gasteiger partial charge in [0.25, 0.3) is 5.09 Å². The van der Waals surface area contributed by atoms with Crippen LogP contribution in [0.25, 0.3) is 0 Å². The minimum absolute atomic E-state index is 0.289. The summed E-state index contributed by atoms with van der Waals surface area (Å²) in [5, 5.41) is 15.8. The van der Waals surface area contributed by atoms with Crippen LogP contribution in [-0.2, 0) is 23.6 Å². The molecule has 1 unspecified atom stereocenters. The number of thioether (sulfide) groups is 1. The van der Waals surface area contributed by atoms with Crippen molar-refractivity contribution in [2.75, 3.05) is 6.61 Å². The van der Waals surface area contributed by atoms with Gasteiger partial charge in [0.2, 0.25) is 0 Å². The lowest BCUT2D eigenvalue weighted by molar-refractivity contribution is -0.742. The Balaban J connectivity index is 0.000000785. The minimum atomic E-state index is -1.50. The molecule has 0 amide bonds. The third kappa shape index (κ3) is 10.3. The molecule has 0 saturated carbocycles. The summed E-state index contributed by atoms with van der Waals surface area (Å²) in [6, 6.07) is 13.5. The number of nitrogens with zero attached hydrogens (tertiary/aromatic N) is 3. The van der Waals surface area contributed by atoms with E-state index in [-0.39, 0.29) is 5.25 Å². The lowest BCUT2D eigenvalue weighted by atomic mass is 10.2. The third-order valence-corrected chi connectivity index (χ3v) is 6.18. The molecule has 1 atom stereocenters. The molecule has 7 nitrogen and oxygen atoms in total. The highest BCUT2D eigenvalue weighted by molar-refractivity contribution is 7.99. The number of ether oxygens (including phenoxy) is 1. The molecular weight excluding hydrogens is 485 g/mol. The van der Waals surface area contributed by atoms with Gasteiger partial charge in [-0.1, -0.05) is 53.0 Å². The first kappa shape index (κ1) is 25.3. The molecule has 0 aliphatic rings. The van der Waals surface area contributed by atoms with Crippen LogP contribution >= 0.6 is 46.6 Å².